The Morgan fingerprint density at radius 3 is 2.68 bits per heavy atom. The topological polar surface area (TPSA) is 97.4 Å². The van der Waals surface area contributed by atoms with Crippen molar-refractivity contribution in [2.75, 3.05) is 7.05 Å². The van der Waals surface area contributed by atoms with Gasteiger partial charge in [0, 0.05) is 13.2 Å². The number of nitrogens with one attached hydrogen (secondary N) is 2. The molecule has 1 heterocycles. The Balaban J connectivity index is 2.64. The molecule has 7 nitrogen and oxygen atoms in total. The lowest BCUT2D eigenvalue weighted by Gasteiger charge is -2.12. The minimum Gasteiger partial charge on any atom is -0.449 e. The Hall–Kier alpha value is -2.15. The number of carbonyl (C=O) groups excluding carboxylic acids is 3. The third-order valence-corrected chi connectivity index (χ3v) is 2.40. The number of halogens is 1. The number of aromatic nitrogens is 1. The van der Waals surface area contributed by atoms with E-state index in [1.54, 1.807) is 0 Å². The van der Waals surface area contributed by atoms with Crippen LogP contribution in [0.4, 0.5) is 4.79 Å². The predicted octanol–water partition coefficient (Wildman–Crippen LogP) is 0.736. The molecule has 0 spiro atoms. The summed E-state index contributed by atoms with van der Waals surface area (Å²) in [6.07, 6.45) is 0.280. The Kier molecular flexibility index (Phi) is 5.25. The third kappa shape index (κ3) is 4.22. The van der Waals surface area contributed by atoms with Crippen LogP contribution in [0, 0.1) is 0 Å². The average molecular weight is 286 g/mol. The third-order valence-electron chi connectivity index (χ3n) is 2.10. The molecule has 19 heavy (non-hydrogen) atoms. The van der Waals surface area contributed by atoms with Gasteiger partial charge in [-0.2, -0.15) is 0 Å². The quantitative estimate of drug-likeness (QED) is 0.630. The van der Waals surface area contributed by atoms with Crippen LogP contribution in [0.3, 0.4) is 0 Å². The van der Waals surface area contributed by atoms with E-state index in [1.165, 1.54) is 32.3 Å². The lowest BCUT2D eigenvalue weighted by Crippen LogP contribution is -2.43. The number of ether oxygens (including phenoxy) is 1. The van der Waals surface area contributed by atoms with Gasteiger partial charge in [0.05, 0.1) is 5.56 Å². The molecule has 0 aromatic carbocycles. The zero-order chi connectivity index (χ0) is 14.4. The van der Waals surface area contributed by atoms with E-state index in [1.807, 2.05) is 5.32 Å². The molecule has 8 heteroatoms. The molecule has 1 rings (SSSR count). The van der Waals surface area contributed by atoms with Gasteiger partial charge >= 0.3 is 12.0 Å². The van der Waals surface area contributed by atoms with Gasteiger partial charge in [-0.3, -0.25) is 10.1 Å². The van der Waals surface area contributed by atoms with E-state index in [9.17, 15) is 14.4 Å². The number of amides is 3. The maximum Gasteiger partial charge on any atom is 0.342 e. The second kappa shape index (κ2) is 6.69. The van der Waals surface area contributed by atoms with Crippen LogP contribution in [-0.4, -0.2) is 36.0 Å². The molecular formula is C11H12ClN3O4. The van der Waals surface area contributed by atoms with Gasteiger partial charge in [-0.25, -0.2) is 14.6 Å². The molecular weight excluding hydrogens is 274 g/mol. The van der Waals surface area contributed by atoms with E-state index < -0.39 is 24.0 Å². The fourth-order valence-electron chi connectivity index (χ4n) is 1.09. The molecule has 0 aliphatic heterocycles. The maximum absolute atomic E-state index is 11.7. The standard InChI is InChI=1S/C11H12ClN3O4/c1-6(9(16)15-11(18)13-2)19-10(17)7-4-3-5-14-8(7)12/h3-6H,1-2H3,(H2,13,15,16,18)/t6-/m1/s1. The van der Waals surface area contributed by atoms with Gasteiger partial charge in [-0.1, -0.05) is 11.6 Å². The Bertz CT molecular complexity index is 506. The highest BCUT2D eigenvalue weighted by atomic mass is 35.5. The van der Waals surface area contributed by atoms with Crippen LogP contribution in [0.25, 0.3) is 0 Å². The Labute approximate surface area is 114 Å². The van der Waals surface area contributed by atoms with Gasteiger partial charge < -0.3 is 10.1 Å². The number of urea groups is 1. The molecule has 0 radical (unpaired) electrons. The minimum absolute atomic E-state index is 0.0218. The fourth-order valence-corrected chi connectivity index (χ4v) is 1.29. The summed E-state index contributed by atoms with van der Waals surface area (Å²) in [7, 11) is 1.36. The van der Waals surface area contributed by atoms with Crippen LogP contribution in [-0.2, 0) is 9.53 Å². The Morgan fingerprint density at radius 2 is 2.11 bits per heavy atom. The van der Waals surface area contributed by atoms with Crippen molar-refractivity contribution in [3.8, 4) is 0 Å². The number of esters is 1. The van der Waals surface area contributed by atoms with Gasteiger partial charge in [0.2, 0.25) is 0 Å². The minimum atomic E-state index is -1.14. The molecule has 2 N–H and O–H groups in total. The highest BCUT2D eigenvalue weighted by Gasteiger charge is 2.21. The lowest BCUT2D eigenvalue weighted by atomic mass is 10.3. The summed E-state index contributed by atoms with van der Waals surface area (Å²) in [5.41, 5.74) is 0.0451. The number of carbonyl (C=O) groups is 3. The maximum atomic E-state index is 11.7. The van der Waals surface area contributed by atoms with Crippen LogP contribution in [0.2, 0.25) is 5.15 Å². The molecule has 0 aliphatic carbocycles. The first-order chi connectivity index (χ1) is 8.95. The first-order valence-electron chi connectivity index (χ1n) is 5.29. The van der Waals surface area contributed by atoms with Crippen molar-refractivity contribution >= 4 is 29.5 Å². The second-order valence-corrected chi connectivity index (χ2v) is 3.82. The summed E-state index contributed by atoms with van der Waals surface area (Å²) in [6, 6.07) is 2.24. The highest BCUT2D eigenvalue weighted by Crippen LogP contribution is 2.13. The normalized spacial score (nSPS) is 11.3. The van der Waals surface area contributed by atoms with Crippen molar-refractivity contribution in [2.45, 2.75) is 13.0 Å². The summed E-state index contributed by atoms with van der Waals surface area (Å²) in [4.78, 5) is 37.8. The van der Waals surface area contributed by atoms with Crippen LogP contribution in [0.5, 0.6) is 0 Å². The van der Waals surface area contributed by atoms with Crippen molar-refractivity contribution in [3.63, 3.8) is 0 Å². The number of hydrogen-bond acceptors (Lipinski definition) is 5. The number of hydrogen-bond donors (Lipinski definition) is 2. The highest BCUT2D eigenvalue weighted by molar-refractivity contribution is 6.32. The van der Waals surface area contributed by atoms with E-state index in [0.29, 0.717) is 0 Å². The molecule has 0 saturated heterocycles. The molecule has 0 bridgehead atoms. The van der Waals surface area contributed by atoms with E-state index >= 15 is 0 Å². The molecule has 0 unspecified atom stereocenters. The van der Waals surface area contributed by atoms with Crippen LogP contribution >= 0.6 is 11.6 Å². The predicted molar refractivity (Wildman–Crippen MR) is 66.7 cm³/mol. The summed E-state index contributed by atoms with van der Waals surface area (Å²) in [5.74, 6) is -1.54. The van der Waals surface area contributed by atoms with Crippen LogP contribution in [0.15, 0.2) is 18.3 Å². The SMILES string of the molecule is CNC(=O)NC(=O)[C@@H](C)OC(=O)c1cccnc1Cl. The zero-order valence-electron chi connectivity index (χ0n) is 10.3. The summed E-state index contributed by atoms with van der Waals surface area (Å²) in [6.45, 7) is 1.33. The van der Waals surface area contributed by atoms with E-state index in [0.717, 1.165) is 0 Å². The van der Waals surface area contributed by atoms with Crippen molar-refractivity contribution in [3.05, 3.63) is 29.0 Å². The molecule has 1 aromatic rings. The van der Waals surface area contributed by atoms with Gasteiger partial charge in [0.25, 0.3) is 5.91 Å². The van der Waals surface area contributed by atoms with E-state index in [2.05, 4.69) is 10.3 Å². The van der Waals surface area contributed by atoms with Gasteiger partial charge in [0.1, 0.15) is 5.15 Å². The summed E-state index contributed by atoms with van der Waals surface area (Å²) >= 11 is 5.71. The first kappa shape index (κ1) is 14.9. The molecule has 0 saturated carbocycles. The van der Waals surface area contributed by atoms with Gasteiger partial charge in [0.15, 0.2) is 6.10 Å². The van der Waals surface area contributed by atoms with Crippen LogP contribution in [0.1, 0.15) is 17.3 Å². The molecule has 1 atom stereocenters. The van der Waals surface area contributed by atoms with Crippen molar-refractivity contribution in [1.82, 2.24) is 15.6 Å². The number of nitrogens with zero attached hydrogens (tertiary/aromatic N) is 1. The van der Waals surface area contributed by atoms with Gasteiger partial charge in [-0.05, 0) is 19.1 Å². The van der Waals surface area contributed by atoms with E-state index in [4.69, 9.17) is 16.3 Å². The van der Waals surface area contributed by atoms with Crippen molar-refractivity contribution in [1.29, 1.82) is 0 Å². The molecule has 0 aliphatic rings. The lowest BCUT2D eigenvalue weighted by molar-refractivity contribution is -0.127. The molecule has 0 fully saturated rings. The smallest absolute Gasteiger partial charge is 0.342 e. The first-order valence-corrected chi connectivity index (χ1v) is 5.67. The van der Waals surface area contributed by atoms with E-state index in [-0.39, 0.29) is 10.7 Å². The summed E-state index contributed by atoms with van der Waals surface area (Å²) < 4.78 is 4.87. The molecule has 102 valence electrons. The van der Waals surface area contributed by atoms with Crippen LogP contribution < -0.4 is 10.6 Å². The number of rotatable bonds is 3. The molecule has 1 aromatic heterocycles. The van der Waals surface area contributed by atoms with Gasteiger partial charge in [-0.15, -0.1) is 0 Å². The second-order valence-electron chi connectivity index (χ2n) is 3.46. The largest absolute Gasteiger partial charge is 0.449 e. The number of imide groups is 1. The molecule has 3 amide bonds. The Morgan fingerprint density at radius 1 is 1.42 bits per heavy atom. The average Bonchev–Trinajstić information content (AvgIpc) is 2.38. The summed E-state index contributed by atoms with van der Waals surface area (Å²) in [5, 5.41) is 4.17. The fraction of sp³-hybridized carbons (Fsp3) is 0.273. The van der Waals surface area contributed by atoms with Crippen molar-refractivity contribution in [2.24, 2.45) is 0 Å². The van der Waals surface area contributed by atoms with Crippen molar-refractivity contribution < 1.29 is 19.1 Å². The number of pyridine rings is 1. The monoisotopic (exact) mass is 285 g/mol. The zero-order valence-corrected chi connectivity index (χ0v) is 11.0.